The number of carbonyl (C=O) groups is 2. The lowest BCUT2D eigenvalue weighted by Gasteiger charge is -2.04. The highest BCUT2D eigenvalue weighted by Crippen LogP contribution is 2.16. The molecule has 0 aliphatic carbocycles. The minimum absolute atomic E-state index is 0.356. The number of aliphatic carboxylic acids is 1. The Balaban J connectivity index is 2.86. The Labute approximate surface area is 86.5 Å². The number of para-hydroxylation sites is 1. The molecule has 0 amide bonds. The summed E-state index contributed by atoms with van der Waals surface area (Å²) in [5, 5.41) is 8.42. The van der Waals surface area contributed by atoms with E-state index in [-0.39, 0.29) is 0 Å². The quantitative estimate of drug-likeness (QED) is 0.581. The summed E-state index contributed by atoms with van der Waals surface area (Å²) in [5.74, 6) is 4.08. The van der Waals surface area contributed by atoms with Gasteiger partial charge in [0.05, 0.1) is 5.56 Å². The summed E-state index contributed by atoms with van der Waals surface area (Å²) >= 11 is 0. The molecule has 1 aromatic carbocycles. The van der Waals surface area contributed by atoms with Crippen molar-refractivity contribution in [2.75, 3.05) is 6.61 Å². The highest BCUT2D eigenvalue weighted by molar-refractivity contribution is 5.74. The summed E-state index contributed by atoms with van der Waals surface area (Å²) in [7, 11) is 0. The first-order valence-electron chi connectivity index (χ1n) is 4.13. The van der Waals surface area contributed by atoms with E-state index in [0.29, 0.717) is 17.6 Å². The van der Waals surface area contributed by atoms with Gasteiger partial charge in [-0.3, -0.25) is 4.79 Å². The van der Waals surface area contributed by atoms with Gasteiger partial charge >= 0.3 is 5.97 Å². The molecule has 0 aliphatic heterocycles. The highest BCUT2D eigenvalue weighted by Gasteiger charge is 2.02. The molecular formula is C11H8O4. The first-order valence-corrected chi connectivity index (χ1v) is 4.13. The smallest absolute Gasteiger partial charge is 0.341 e. The molecule has 0 spiro atoms. The minimum atomic E-state index is -1.06. The molecule has 1 rings (SSSR count). The molecule has 1 aromatic rings. The third kappa shape index (κ3) is 3.53. The van der Waals surface area contributed by atoms with Gasteiger partial charge in [-0.05, 0) is 18.1 Å². The number of carboxylic acids is 1. The molecule has 0 aromatic heterocycles. The van der Waals surface area contributed by atoms with E-state index in [1.165, 1.54) is 0 Å². The summed E-state index contributed by atoms with van der Waals surface area (Å²) in [6.45, 7) is -0.431. The third-order valence-corrected chi connectivity index (χ3v) is 1.50. The molecule has 0 heterocycles. The van der Waals surface area contributed by atoms with Crippen LogP contribution in [0.5, 0.6) is 5.75 Å². The third-order valence-electron chi connectivity index (χ3n) is 1.50. The molecule has 0 aliphatic rings. The number of carboxylic acid groups (broad SMARTS) is 1. The molecule has 0 unspecified atom stereocenters. The SMILES string of the molecule is O=CC#Cc1ccccc1OCC(=O)O. The van der Waals surface area contributed by atoms with Crippen LogP contribution in [-0.4, -0.2) is 24.0 Å². The van der Waals surface area contributed by atoms with Gasteiger partial charge in [0.15, 0.2) is 12.9 Å². The van der Waals surface area contributed by atoms with E-state index in [2.05, 4.69) is 11.8 Å². The summed E-state index contributed by atoms with van der Waals surface area (Å²) in [6, 6.07) is 6.66. The Kier molecular flexibility index (Phi) is 3.92. The van der Waals surface area contributed by atoms with Crippen molar-refractivity contribution < 1.29 is 19.4 Å². The van der Waals surface area contributed by atoms with Gasteiger partial charge in [0.2, 0.25) is 0 Å². The van der Waals surface area contributed by atoms with E-state index in [4.69, 9.17) is 9.84 Å². The van der Waals surface area contributed by atoms with E-state index in [1.54, 1.807) is 24.3 Å². The first-order chi connectivity index (χ1) is 7.24. The molecule has 4 heteroatoms. The summed E-state index contributed by atoms with van der Waals surface area (Å²) in [6.07, 6.45) is 0.466. The Morgan fingerprint density at radius 2 is 2.20 bits per heavy atom. The second-order valence-corrected chi connectivity index (χ2v) is 2.57. The van der Waals surface area contributed by atoms with Gasteiger partial charge in [0, 0.05) is 0 Å². The molecule has 0 atom stereocenters. The molecule has 0 saturated carbocycles. The lowest BCUT2D eigenvalue weighted by atomic mass is 10.2. The standard InChI is InChI=1S/C11H8O4/c12-7-3-5-9-4-1-2-6-10(9)15-8-11(13)14/h1-2,4,6-7H,8H2,(H,13,14). The topological polar surface area (TPSA) is 63.6 Å². The number of ether oxygens (including phenoxy) is 1. The fraction of sp³-hybridized carbons (Fsp3) is 0.0909. The number of carbonyl (C=O) groups excluding carboxylic acids is 1. The molecular weight excluding hydrogens is 196 g/mol. The summed E-state index contributed by atoms with van der Waals surface area (Å²) in [4.78, 5) is 20.3. The van der Waals surface area contributed by atoms with Crippen LogP contribution < -0.4 is 4.74 Å². The maximum atomic E-state index is 10.3. The number of rotatable bonds is 3. The minimum Gasteiger partial charge on any atom is -0.481 e. The Morgan fingerprint density at radius 3 is 2.87 bits per heavy atom. The monoisotopic (exact) mass is 204 g/mol. The molecule has 1 N–H and O–H groups in total. The molecule has 0 radical (unpaired) electrons. The fourth-order valence-electron chi connectivity index (χ4n) is 0.942. The van der Waals surface area contributed by atoms with Crippen molar-refractivity contribution >= 4 is 12.3 Å². The second kappa shape index (κ2) is 5.45. The predicted octanol–water partition coefficient (Wildman–Crippen LogP) is 0.700. The average Bonchev–Trinajstić information content (AvgIpc) is 2.24. The van der Waals surface area contributed by atoms with Crippen molar-refractivity contribution in [3.8, 4) is 17.6 Å². The number of benzene rings is 1. The average molecular weight is 204 g/mol. The van der Waals surface area contributed by atoms with Crippen LogP contribution in [0.2, 0.25) is 0 Å². The van der Waals surface area contributed by atoms with Crippen molar-refractivity contribution in [3.63, 3.8) is 0 Å². The lowest BCUT2D eigenvalue weighted by molar-refractivity contribution is -0.139. The van der Waals surface area contributed by atoms with Crippen molar-refractivity contribution in [2.24, 2.45) is 0 Å². The predicted molar refractivity (Wildman–Crippen MR) is 52.5 cm³/mol. The van der Waals surface area contributed by atoms with Gasteiger partial charge in [-0.1, -0.05) is 18.1 Å². The van der Waals surface area contributed by atoms with Crippen LogP contribution in [0, 0.1) is 11.8 Å². The van der Waals surface area contributed by atoms with Gasteiger partial charge in [0.25, 0.3) is 0 Å². The van der Waals surface area contributed by atoms with Gasteiger partial charge in [-0.25, -0.2) is 4.79 Å². The van der Waals surface area contributed by atoms with Crippen LogP contribution >= 0.6 is 0 Å². The van der Waals surface area contributed by atoms with E-state index < -0.39 is 12.6 Å². The van der Waals surface area contributed by atoms with Crippen LogP contribution in [0.25, 0.3) is 0 Å². The molecule has 0 bridgehead atoms. The second-order valence-electron chi connectivity index (χ2n) is 2.57. The molecule has 76 valence electrons. The summed E-state index contributed by atoms with van der Waals surface area (Å²) in [5.41, 5.74) is 0.492. The van der Waals surface area contributed by atoms with Crippen molar-refractivity contribution in [3.05, 3.63) is 29.8 Å². The van der Waals surface area contributed by atoms with Crippen LogP contribution in [0.4, 0.5) is 0 Å². The van der Waals surface area contributed by atoms with Crippen molar-refractivity contribution in [1.29, 1.82) is 0 Å². The molecule has 0 fully saturated rings. The normalized spacial score (nSPS) is 8.53. The Hall–Kier alpha value is -2.28. The van der Waals surface area contributed by atoms with E-state index in [1.807, 2.05) is 0 Å². The Bertz CT molecular complexity index is 426. The van der Waals surface area contributed by atoms with Crippen molar-refractivity contribution in [2.45, 2.75) is 0 Å². The van der Waals surface area contributed by atoms with Gasteiger partial charge in [-0.2, -0.15) is 0 Å². The van der Waals surface area contributed by atoms with E-state index in [9.17, 15) is 9.59 Å². The zero-order valence-electron chi connectivity index (χ0n) is 7.77. The van der Waals surface area contributed by atoms with Gasteiger partial charge < -0.3 is 9.84 Å². The number of hydrogen-bond donors (Lipinski definition) is 1. The number of aldehydes is 1. The van der Waals surface area contributed by atoms with Crippen LogP contribution in [0.1, 0.15) is 5.56 Å². The van der Waals surface area contributed by atoms with Crippen molar-refractivity contribution in [1.82, 2.24) is 0 Å². The molecule has 0 saturated heterocycles. The van der Waals surface area contributed by atoms with Crippen LogP contribution in [-0.2, 0) is 9.59 Å². The van der Waals surface area contributed by atoms with E-state index in [0.717, 1.165) is 0 Å². The summed E-state index contributed by atoms with van der Waals surface area (Å²) < 4.78 is 4.98. The maximum Gasteiger partial charge on any atom is 0.341 e. The fourth-order valence-corrected chi connectivity index (χ4v) is 0.942. The maximum absolute atomic E-state index is 10.3. The first kappa shape index (κ1) is 10.8. The van der Waals surface area contributed by atoms with Crippen LogP contribution in [0.3, 0.4) is 0 Å². The highest BCUT2D eigenvalue weighted by atomic mass is 16.5. The largest absolute Gasteiger partial charge is 0.481 e. The van der Waals surface area contributed by atoms with Gasteiger partial charge in [-0.15, -0.1) is 0 Å². The van der Waals surface area contributed by atoms with Gasteiger partial charge in [0.1, 0.15) is 5.75 Å². The number of hydrogen-bond acceptors (Lipinski definition) is 3. The Morgan fingerprint density at radius 1 is 1.47 bits per heavy atom. The van der Waals surface area contributed by atoms with Crippen LogP contribution in [0.15, 0.2) is 24.3 Å². The zero-order chi connectivity index (χ0) is 11.1. The molecule has 15 heavy (non-hydrogen) atoms. The lowest BCUT2D eigenvalue weighted by Crippen LogP contribution is -2.10. The zero-order valence-corrected chi connectivity index (χ0v) is 7.77. The molecule has 4 nitrogen and oxygen atoms in total. The van der Waals surface area contributed by atoms with E-state index >= 15 is 0 Å².